The van der Waals surface area contributed by atoms with Gasteiger partial charge in [0.25, 0.3) is 11.5 Å². The molecule has 0 radical (unpaired) electrons. The van der Waals surface area contributed by atoms with Crippen molar-refractivity contribution >= 4 is 23.5 Å². The predicted octanol–water partition coefficient (Wildman–Crippen LogP) is 3.03. The third-order valence-electron chi connectivity index (χ3n) is 5.14. The van der Waals surface area contributed by atoms with Crippen LogP contribution in [0, 0.1) is 0 Å². The zero-order chi connectivity index (χ0) is 19.6. The highest BCUT2D eigenvalue weighted by atomic mass is 35.5. The van der Waals surface area contributed by atoms with Crippen molar-refractivity contribution in [1.82, 2.24) is 10.3 Å². The molecule has 0 saturated carbocycles. The molecule has 2 aromatic rings. The van der Waals surface area contributed by atoms with E-state index in [9.17, 15) is 19.5 Å². The number of nitrogens with one attached hydrogen (secondary N) is 2. The molecule has 0 spiro atoms. The van der Waals surface area contributed by atoms with E-state index in [1.807, 2.05) is 0 Å². The molecule has 0 fully saturated rings. The van der Waals surface area contributed by atoms with Crippen LogP contribution in [0.5, 0.6) is 0 Å². The molecule has 1 aromatic heterocycles. The Balaban J connectivity index is 1.99. The Morgan fingerprint density at radius 3 is 2.52 bits per heavy atom. The number of amides is 1. The molecular formula is C20H21ClN2O4. The Kier molecular flexibility index (Phi) is 5.37. The summed E-state index contributed by atoms with van der Waals surface area (Å²) >= 11 is 5.89. The van der Waals surface area contributed by atoms with Crippen LogP contribution in [0.2, 0.25) is 5.02 Å². The van der Waals surface area contributed by atoms with Crippen molar-refractivity contribution in [3.8, 4) is 0 Å². The summed E-state index contributed by atoms with van der Waals surface area (Å²) in [7, 11) is 0. The average Bonchev–Trinajstić information content (AvgIpc) is 2.66. The largest absolute Gasteiger partial charge is 0.479 e. The lowest BCUT2D eigenvalue weighted by Crippen LogP contribution is -2.52. The van der Waals surface area contributed by atoms with E-state index in [1.165, 1.54) is 0 Å². The van der Waals surface area contributed by atoms with E-state index in [0.29, 0.717) is 10.6 Å². The summed E-state index contributed by atoms with van der Waals surface area (Å²) in [6, 6.07) is 7.87. The second-order valence-electron chi connectivity index (χ2n) is 6.75. The first-order valence-electron chi connectivity index (χ1n) is 8.94. The summed E-state index contributed by atoms with van der Waals surface area (Å²) < 4.78 is 0. The van der Waals surface area contributed by atoms with Crippen molar-refractivity contribution in [3.63, 3.8) is 0 Å². The van der Waals surface area contributed by atoms with Gasteiger partial charge in [0.15, 0.2) is 5.54 Å². The first kappa shape index (κ1) is 19.2. The first-order chi connectivity index (χ1) is 12.9. The maximum Gasteiger partial charge on any atom is 0.334 e. The number of H-pyrrole nitrogens is 1. The van der Waals surface area contributed by atoms with E-state index in [4.69, 9.17) is 11.6 Å². The molecule has 7 heteroatoms. The summed E-state index contributed by atoms with van der Waals surface area (Å²) in [5.74, 6) is -1.90. The Morgan fingerprint density at radius 2 is 1.89 bits per heavy atom. The fraction of sp³-hybridized carbons (Fsp3) is 0.350. The van der Waals surface area contributed by atoms with Crippen LogP contribution in [-0.4, -0.2) is 22.0 Å². The van der Waals surface area contributed by atoms with Gasteiger partial charge in [-0.1, -0.05) is 30.7 Å². The van der Waals surface area contributed by atoms with Gasteiger partial charge in [-0.25, -0.2) is 4.79 Å². The minimum atomic E-state index is -1.65. The number of pyridine rings is 1. The van der Waals surface area contributed by atoms with Gasteiger partial charge >= 0.3 is 5.97 Å². The van der Waals surface area contributed by atoms with Crippen molar-refractivity contribution in [2.24, 2.45) is 0 Å². The van der Waals surface area contributed by atoms with E-state index in [1.54, 1.807) is 37.3 Å². The summed E-state index contributed by atoms with van der Waals surface area (Å²) in [4.78, 5) is 40.1. The molecule has 6 nitrogen and oxygen atoms in total. The number of aromatic amines is 1. The van der Waals surface area contributed by atoms with E-state index in [-0.39, 0.29) is 12.0 Å². The SMILES string of the molecule is CCC(NC(=O)c1cc2c([nH]c1=O)CCCC2)(C(=O)O)c1ccc(Cl)cc1. The number of hydrogen-bond donors (Lipinski definition) is 3. The Hall–Kier alpha value is -2.60. The third-order valence-corrected chi connectivity index (χ3v) is 5.39. The van der Waals surface area contributed by atoms with Gasteiger partial charge in [0.05, 0.1) is 0 Å². The molecule has 1 heterocycles. The van der Waals surface area contributed by atoms with Gasteiger partial charge in [0, 0.05) is 10.7 Å². The third kappa shape index (κ3) is 3.62. The highest BCUT2D eigenvalue weighted by Gasteiger charge is 2.41. The van der Waals surface area contributed by atoms with Crippen LogP contribution in [0.1, 0.15) is 53.4 Å². The highest BCUT2D eigenvalue weighted by molar-refractivity contribution is 6.30. The van der Waals surface area contributed by atoms with Crippen molar-refractivity contribution in [1.29, 1.82) is 0 Å². The Bertz CT molecular complexity index is 936. The molecule has 1 aromatic carbocycles. The van der Waals surface area contributed by atoms with Gasteiger partial charge in [-0.15, -0.1) is 0 Å². The summed E-state index contributed by atoms with van der Waals surface area (Å²) in [6.07, 6.45) is 3.69. The summed E-state index contributed by atoms with van der Waals surface area (Å²) in [5, 5.41) is 12.9. The number of halogens is 1. The number of carbonyl (C=O) groups excluding carboxylic acids is 1. The zero-order valence-corrected chi connectivity index (χ0v) is 15.7. The molecule has 3 N–H and O–H groups in total. The zero-order valence-electron chi connectivity index (χ0n) is 15.0. The number of fused-ring (bicyclic) bond motifs is 1. The van der Waals surface area contributed by atoms with Crippen molar-refractivity contribution in [3.05, 3.63) is 68.1 Å². The molecule has 0 saturated heterocycles. The number of benzene rings is 1. The monoisotopic (exact) mass is 388 g/mol. The number of hydrogen-bond acceptors (Lipinski definition) is 3. The summed E-state index contributed by atoms with van der Waals surface area (Å²) in [5.41, 5.74) is -0.0207. The van der Waals surface area contributed by atoms with Crippen LogP contribution in [0.15, 0.2) is 35.1 Å². The van der Waals surface area contributed by atoms with E-state index in [0.717, 1.165) is 36.9 Å². The standard InChI is InChI=1S/C20H21ClN2O4/c1-2-20(19(26)27,13-7-9-14(21)10-8-13)23-18(25)15-11-12-5-3-4-6-16(12)22-17(15)24/h7-11H,2-6H2,1H3,(H,22,24)(H,23,25)(H,26,27). The molecule has 1 aliphatic rings. The topological polar surface area (TPSA) is 99.3 Å². The molecule has 1 unspecified atom stereocenters. The fourth-order valence-corrected chi connectivity index (χ4v) is 3.66. The number of carboxylic acids is 1. The maximum atomic E-state index is 12.9. The van der Waals surface area contributed by atoms with Gasteiger partial charge in [0.1, 0.15) is 5.56 Å². The van der Waals surface area contributed by atoms with Gasteiger partial charge in [-0.05, 0) is 61.4 Å². The van der Waals surface area contributed by atoms with E-state index >= 15 is 0 Å². The number of aryl methyl sites for hydroxylation is 2. The molecule has 0 bridgehead atoms. The molecular weight excluding hydrogens is 368 g/mol. The van der Waals surface area contributed by atoms with Gasteiger partial charge in [0.2, 0.25) is 0 Å². The second-order valence-corrected chi connectivity index (χ2v) is 7.18. The number of rotatable bonds is 5. The lowest BCUT2D eigenvalue weighted by molar-refractivity contribution is -0.145. The van der Waals surface area contributed by atoms with Gasteiger partial charge in [-0.2, -0.15) is 0 Å². The number of aromatic nitrogens is 1. The van der Waals surface area contributed by atoms with Crippen molar-refractivity contribution < 1.29 is 14.7 Å². The molecule has 1 aliphatic carbocycles. The Morgan fingerprint density at radius 1 is 1.22 bits per heavy atom. The van der Waals surface area contributed by atoms with Crippen molar-refractivity contribution in [2.75, 3.05) is 0 Å². The van der Waals surface area contributed by atoms with Crippen molar-refractivity contribution in [2.45, 2.75) is 44.6 Å². The van der Waals surface area contributed by atoms with Crippen LogP contribution in [-0.2, 0) is 23.2 Å². The summed E-state index contributed by atoms with van der Waals surface area (Å²) in [6.45, 7) is 1.67. The molecule has 27 heavy (non-hydrogen) atoms. The second kappa shape index (κ2) is 7.56. The highest BCUT2D eigenvalue weighted by Crippen LogP contribution is 2.28. The van der Waals surface area contributed by atoms with Crippen LogP contribution in [0.25, 0.3) is 0 Å². The minimum Gasteiger partial charge on any atom is -0.479 e. The first-order valence-corrected chi connectivity index (χ1v) is 9.32. The maximum absolute atomic E-state index is 12.9. The van der Waals surface area contributed by atoms with Gasteiger partial charge < -0.3 is 15.4 Å². The van der Waals surface area contributed by atoms with E-state index < -0.39 is 23.0 Å². The lowest BCUT2D eigenvalue weighted by Gasteiger charge is -2.30. The smallest absolute Gasteiger partial charge is 0.334 e. The molecule has 3 rings (SSSR count). The molecule has 1 amide bonds. The Labute approximate surface area is 161 Å². The lowest BCUT2D eigenvalue weighted by atomic mass is 9.86. The van der Waals surface area contributed by atoms with Crippen LogP contribution < -0.4 is 10.9 Å². The molecule has 142 valence electrons. The van der Waals surface area contributed by atoms with Crippen LogP contribution in [0.3, 0.4) is 0 Å². The predicted molar refractivity (Wildman–Crippen MR) is 102 cm³/mol. The van der Waals surface area contributed by atoms with Crippen LogP contribution in [0.4, 0.5) is 0 Å². The normalized spacial score (nSPS) is 15.5. The number of aliphatic carboxylic acids is 1. The fourth-order valence-electron chi connectivity index (χ4n) is 3.53. The minimum absolute atomic E-state index is 0.0660. The number of carbonyl (C=O) groups is 2. The quantitative estimate of drug-likeness (QED) is 0.733. The van der Waals surface area contributed by atoms with Crippen LogP contribution >= 0.6 is 11.6 Å². The van der Waals surface area contributed by atoms with Gasteiger partial charge in [-0.3, -0.25) is 9.59 Å². The molecule has 1 atom stereocenters. The molecule has 0 aliphatic heterocycles. The number of carboxylic acid groups (broad SMARTS) is 1. The average molecular weight is 389 g/mol. The van der Waals surface area contributed by atoms with E-state index in [2.05, 4.69) is 10.3 Å².